The summed E-state index contributed by atoms with van der Waals surface area (Å²) in [5.74, 6) is 0. The van der Waals surface area contributed by atoms with Gasteiger partial charge in [-0.2, -0.15) is 0 Å². The van der Waals surface area contributed by atoms with Gasteiger partial charge < -0.3 is 10.4 Å². The Morgan fingerprint density at radius 3 is 2.44 bits per heavy atom. The number of hydrogen-bond acceptors (Lipinski definition) is 2. The quantitative estimate of drug-likeness (QED) is 0.817. The molecule has 0 amide bonds. The summed E-state index contributed by atoms with van der Waals surface area (Å²) in [5, 5.41) is 13.2. The van der Waals surface area contributed by atoms with Crippen molar-refractivity contribution in [2.75, 3.05) is 0 Å². The first-order valence-corrected chi connectivity index (χ1v) is 6.14. The van der Waals surface area contributed by atoms with Crippen molar-refractivity contribution in [2.24, 2.45) is 0 Å². The maximum atomic E-state index is 9.71. The molecule has 0 aromatic heterocycles. The van der Waals surface area contributed by atoms with E-state index in [0.29, 0.717) is 6.04 Å². The summed E-state index contributed by atoms with van der Waals surface area (Å²) in [6.45, 7) is 5.12. The molecule has 0 spiro atoms. The highest BCUT2D eigenvalue weighted by atomic mass is 16.3. The molecule has 2 nitrogen and oxygen atoms in total. The molecule has 16 heavy (non-hydrogen) atoms. The van der Waals surface area contributed by atoms with Gasteiger partial charge in [0.2, 0.25) is 0 Å². The first kappa shape index (κ1) is 11.6. The van der Waals surface area contributed by atoms with Crippen LogP contribution in [0.25, 0.3) is 0 Å². The van der Waals surface area contributed by atoms with Gasteiger partial charge in [-0.15, -0.1) is 0 Å². The van der Waals surface area contributed by atoms with Crippen LogP contribution >= 0.6 is 0 Å². The zero-order chi connectivity index (χ0) is 11.5. The monoisotopic (exact) mass is 219 g/mol. The van der Waals surface area contributed by atoms with E-state index < -0.39 is 0 Å². The number of rotatable bonds is 3. The number of benzene rings is 1. The molecule has 0 aliphatic heterocycles. The third-order valence-corrected chi connectivity index (χ3v) is 3.33. The fraction of sp³-hybridized carbons (Fsp3) is 0.571. The van der Waals surface area contributed by atoms with Gasteiger partial charge in [-0.25, -0.2) is 0 Å². The predicted molar refractivity (Wildman–Crippen MR) is 66.4 cm³/mol. The van der Waals surface area contributed by atoms with Gasteiger partial charge in [0.05, 0.1) is 6.10 Å². The van der Waals surface area contributed by atoms with Gasteiger partial charge in [0.15, 0.2) is 0 Å². The number of aliphatic hydroxyl groups is 1. The first-order valence-electron chi connectivity index (χ1n) is 6.14. The molecular formula is C14H21NO. The molecule has 0 saturated heterocycles. The number of nitrogens with one attached hydrogen (secondary N) is 1. The van der Waals surface area contributed by atoms with Gasteiger partial charge in [-0.1, -0.05) is 29.3 Å². The van der Waals surface area contributed by atoms with E-state index in [2.05, 4.69) is 37.4 Å². The van der Waals surface area contributed by atoms with Crippen LogP contribution in [0.3, 0.4) is 0 Å². The van der Waals surface area contributed by atoms with Crippen LogP contribution in [-0.4, -0.2) is 17.3 Å². The summed E-state index contributed by atoms with van der Waals surface area (Å²) >= 11 is 0. The molecule has 1 aliphatic rings. The zero-order valence-corrected chi connectivity index (χ0v) is 10.2. The van der Waals surface area contributed by atoms with E-state index in [1.54, 1.807) is 0 Å². The van der Waals surface area contributed by atoms with Crippen molar-refractivity contribution in [2.45, 2.75) is 51.8 Å². The molecule has 2 unspecified atom stereocenters. The van der Waals surface area contributed by atoms with E-state index in [9.17, 15) is 5.11 Å². The van der Waals surface area contributed by atoms with E-state index in [1.165, 1.54) is 16.7 Å². The standard InChI is InChI=1S/C14H21NO/c1-10-6-11(2)8-12(7-10)9-15-13-4-3-5-14(13)16/h6-8,13-16H,3-5,9H2,1-2H3. The topological polar surface area (TPSA) is 32.3 Å². The van der Waals surface area contributed by atoms with E-state index in [4.69, 9.17) is 0 Å². The highest BCUT2D eigenvalue weighted by Gasteiger charge is 2.24. The average Bonchev–Trinajstić information content (AvgIpc) is 2.59. The Bertz CT molecular complexity index is 342. The molecule has 1 fully saturated rings. The zero-order valence-electron chi connectivity index (χ0n) is 10.2. The number of aryl methyl sites for hydroxylation is 2. The fourth-order valence-corrected chi connectivity index (χ4v) is 2.60. The summed E-state index contributed by atoms with van der Waals surface area (Å²) in [4.78, 5) is 0. The lowest BCUT2D eigenvalue weighted by Gasteiger charge is -2.16. The molecule has 2 heteroatoms. The minimum Gasteiger partial charge on any atom is -0.392 e. The number of aliphatic hydroxyl groups excluding tert-OH is 1. The molecule has 1 aromatic carbocycles. The van der Waals surface area contributed by atoms with Gasteiger partial charge >= 0.3 is 0 Å². The Hall–Kier alpha value is -0.860. The lowest BCUT2D eigenvalue weighted by molar-refractivity contribution is 0.148. The van der Waals surface area contributed by atoms with Gasteiger partial charge in [0, 0.05) is 12.6 Å². The molecule has 0 bridgehead atoms. The van der Waals surface area contributed by atoms with Crippen LogP contribution in [0.5, 0.6) is 0 Å². The third-order valence-electron chi connectivity index (χ3n) is 3.33. The molecule has 2 N–H and O–H groups in total. The lowest BCUT2D eigenvalue weighted by Crippen LogP contribution is -2.35. The molecule has 2 rings (SSSR count). The van der Waals surface area contributed by atoms with Crippen LogP contribution in [-0.2, 0) is 6.54 Å². The van der Waals surface area contributed by atoms with Crippen molar-refractivity contribution in [1.82, 2.24) is 5.32 Å². The van der Waals surface area contributed by atoms with Crippen LogP contribution in [0.4, 0.5) is 0 Å². The Morgan fingerprint density at radius 2 is 1.88 bits per heavy atom. The summed E-state index contributed by atoms with van der Waals surface area (Å²) in [6.07, 6.45) is 3.05. The second-order valence-corrected chi connectivity index (χ2v) is 4.98. The van der Waals surface area contributed by atoms with Crippen molar-refractivity contribution in [3.63, 3.8) is 0 Å². The predicted octanol–water partition coefficient (Wildman–Crippen LogP) is 2.31. The summed E-state index contributed by atoms with van der Waals surface area (Å²) < 4.78 is 0. The second-order valence-electron chi connectivity index (χ2n) is 4.98. The Kier molecular flexibility index (Phi) is 3.62. The van der Waals surface area contributed by atoms with Crippen LogP contribution in [0.15, 0.2) is 18.2 Å². The molecule has 1 aromatic rings. The second kappa shape index (κ2) is 4.98. The van der Waals surface area contributed by atoms with Gasteiger partial charge in [-0.05, 0) is 38.7 Å². The van der Waals surface area contributed by atoms with Crippen LogP contribution in [0, 0.1) is 13.8 Å². The summed E-state index contributed by atoms with van der Waals surface area (Å²) in [7, 11) is 0. The number of hydrogen-bond donors (Lipinski definition) is 2. The molecule has 1 aliphatic carbocycles. The molecule has 0 radical (unpaired) electrons. The minimum atomic E-state index is -0.147. The van der Waals surface area contributed by atoms with E-state index in [0.717, 1.165) is 25.8 Å². The van der Waals surface area contributed by atoms with Gasteiger partial charge in [0.1, 0.15) is 0 Å². The summed E-state index contributed by atoms with van der Waals surface area (Å²) in [5.41, 5.74) is 3.93. The van der Waals surface area contributed by atoms with Crippen molar-refractivity contribution >= 4 is 0 Å². The third kappa shape index (κ3) is 2.83. The maximum Gasteiger partial charge on any atom is 0.0693 e. The molecule has 88 valence electrons. The van der Waals surface area contributed by atoms with Crippen LogP contribution in [0.2, 0.25) is 0 Å². The average molecular weight is 219 g/mol. The molecule has 2 atom stereocenters. The van der Waals surface area contributed by atoms with Gasteiger partial charge in [-0.3, -0.25) is 0 Å². The van der Waals surface area contributed by atoms with Crippen LogP contribution in [0.1, 0.15) is 36.0 Å². The van der Waals surface area contributed by atoms with E-state index >= 15 is 0 Å². The maximum absolute atomic E-state index is 9.71. The molecule has 0 heterocycles. The highest BCUT2D eigenvalue weighted by Crippen LogP contribution is 2.19. The van der Waals surface area contributed by atoms with Crippen molar-refractivity contribution < 1.29 is 5.11 Å². The van der Waals surface area contributed by atoms with Crippen LogP contribution < -0.4 is 5.32 Å². The Morgan fingerprint density at radius 1 is 1.19 bits per heavy atom. The molecular weight excluding hydrogens is 198 g/mol. The van der Waals surface area contributed by atoms with E-state index in [1.807, 2.05) is 0 Å². The van der Waals surface area contributed by atoms with E-state index in [-0.39, 0.29) is 6.10 Å². The fourth-order valence-electron chi connectivity index (χ4n) is 2.60. The molecule has 1 saturated carbocycles. The Balaban J connectivity index is 1.94. The summed E-state index contributed by atoms with van der Waals surface area (Å²) in [6, 6.07) is 6.90. The Labute approximate surface area is 97.7 Å². The lowest BCUT2D eigenvalue weighted by atomic mass is 10.1. The largest absolute Gasteiger partial charge is 0.392 e. The van der Waals surface area contributed by atoms with Crippen molar-refractivity contribution in [1.29, 1.82) is 0 Å². The van der Waals surface area contributed by atoms with Gasteiger partial charge in [0.25, 0.3) is 0 Å². The first-order chi connectivity index (χ1) is 7.65. The van der Waals surface area contributed by atoms with Crippen molar-refractivity contribution in [3.8, 4) is 0 Å². The minimum absolute atomic E-state index is 0.147. The smallest absolute Gasteiger partial charge is 0.0693 e. The SMILES string of the molecule is Cc1cc(C)cc(CNC2CCCC2O)c1. The van der Waals surface area contributed by atoms with Crippen molar-refractivity contribution in [3.05, 3.63) is 34.9 Å². The highest BCUT2D eigenvalue weighted by molar-refractivity contribution is 5.28. The normalized spacial score (nSPS) is 24.9.